The molecule has 0 aliphatic heterocycles. The number of hydrogen-bond donors (Lipinski definition) is 3. The van der Waals surface area contributed by atoms with E-state index in [0.29, 0.717) is 11.3 Å². The fourth-order valence-corrected chi connectivity index (χ4v) is 5.46. The Hall–Kier alpha value is -2.40. The van der Waals surface area contributed by atoms with Gasteiger partial charge in [0.25, 0.3) is 8.32 Å². The quantitative estimate of drug-likeness (QED) is 0.460. The molecule has 0 bridgehead atoms. The van der Waals surface area contributed by atoms with Crippen LogP contribution in [0.4, 0.5) is 0 Å². The van der Waals surface area contributed by atoms with Crippen LogP contribution >= 0.6 is 0 Å². The first-order valence-electron chi connectivity index (χ1n) is 8.65. The highest BCUT2D eigenvalue weighted by Gasteiger charge is 2.32. The lowest BCUT2D eigenvalue weighted by atomic mass is 10.1. The second kappa shape index (κ2) is 8.12. The summed E-state index contributed by atoms with van der Waals surface area (Å²) in [6, 6.07) is 12.6. The van der Waals surface area contributed by atoms with Crippen LogP contribution in [0.5, 0.6) is 23.0 Å². The van der Waals surface area contributed by atoms with E-state index >= 15 is 0 Å². The normalized spacial score (nSPS) is 11.8. The molecule has 2 aromatic rings. The first-order chi connectivity index (χ1) is 11.9. The highest BCUT2D eigenvalue weighted by molar-refractivity contribution is 6.74. The average molecular weight is 359 g/mol. The highest BCUT2D eigenvalue weighted by Crippen LogP contribution is 2.36. The lowest BCUT2D eigenvalue weighted by molar-refractivity contribution is 0.430. The third kappa shape index (κ3) is 4.57. The summed E-state index contributed by atoms with van der Waals surface area (Å²) in [6.45, 7) is 6.43. The number of para-hydroxylation sites is 1. The molecule has 2 aromatic carbocycles. The Labute approximate surface area is 150 Å². The standard InChI is InChI=1S/C20H26O4Si/c1-4-25(5-2,6-3)24-20-16(8-7-9-19(20)23)11-10-15-12-17(21)14-18(22)13-15/h7-14,21-23H,4-6H2,1-3H3. The number of rotatable bonds is 7. The minimum absolute atomic E-state index is 0.00130. The van der Waals surface area contributed by atoms with Crippen molar-refractivity contribution >= 4 is 20.5 Å². The lowest BCUT2D eigenvalue weighted by Crippen LogP contribution is -2.39. The summed E-state index contributed by atoms with van der Waals surface area (Å²) >= 11 is 0. The van der Waals surface area contributed by atoms with Crippen molar-refractivity contribution in [3.63, 3.8) is 0 Å². The maximum atomic E-state index is 10.3. The van der Waals surface area contributed by atoms with Gasteiger partial charge in [0.15, 0.2) is 11.5 Å². The van der Waals surface area contributed by atoms with Gasteiger partial charge in [0.2, 0.25) is 0 Å². The van der Waals surface area contributed by atoms with Gasteiger partial charge in [0.1, 0.15) is 11.5 Å². The monoisotopic (exact) mass is 358 g/mol. The van der Waals surface area contributed by atoms with Crippen LogP contribution < -0.4 is 4.43 Å². The van der Waals surface area contributed by atoms with E-state index < -0.39 is 8.32 Å². The van der Waals surface area contributed by atoms with Crippen molar-refractivity contribution < 1.29 is 19.7 Å². The van der Waals surface area contributed by atoms with Crippen LogP contribution in [0, 0.1) is 0 Å². The third-order valence-corrected chi connectivity index (χ3v) is 9.16. The van der Waals surface area contributed by atoms with Gasteiger partial charge in [-0.1, -0.05) is 45.1 Å². The van der Waals surface area contributed by atoms with Gasteiger partial charge >= 0.3 is 0 Å². The van der Waals surface area contributed by atoms with E-state index in [2.05, 4.69) is 20.8 Å². The molecule has 2 rings (SSSR count). The van der Waals surface area contributed by atoms with Crippen LogP contribution in [0.2, 0.25) is 18.1 Å². The van der Waals surface area contributed by atoms with Gasteiger partial charge in [-0.2, -0.15) is 0 Å². The lowest BCUT2D eigenvalue weighted by Gasteiger charge is -2.30. The van der Waals surface area contributed by atoms with E-state index in [1.54, 1.807) is 30.3 Å². The number of benzene rings is 2. The Kier molecular flexibility index (Phi) is 6.15. The van der Waals surface area contributed by atoms with Gasteiger partial charge in [0, 0.05) is 11.6 Å². The Morgan fingerprint density at radius 3 is 2.04 bits per heavy atom. The summed E-state index contributed by atoms with van der Waals surface area (Å²) in [5.41, 5.74) is 1.44. The van der Waals surface area contributed by atoms with Crippen LogP contribution in [-0.4, -0.2) is 23.6 Å². The summed E-state index contributed by atoms with van der Waals surface area (Å²) in [6.07, 6.45) is 3.59. The van der Waals surface area contributed by atoms with Crippen molar-refractivity contribution in [3.05, 3.63) is 47.5 Å². The van der Waals surface area contributed by atoms with Gasteiger partial charge in [-0.15, -0.1) is 0 Å². The van der Waals surface area contributed by atoms with E-state index in [0.717, 1.165) is 23.7 Å². The van der Waals surface area contributed by atoms with Crippen molar-refractivity contribution in [1.82, 2.24) is 0 Å². The molecule has 0 atom stereocenters. The van der Waals surface area contributed by atoms with Crippen molar-refractivity contribution in [2.45, 2.75) is 38.9 Å². The van der Waals surface area contributed by atoms with Crippen LogP contribution in [0.1, 0.15) is 31.9 Å². The van der Waals surface area contributed by atoms with Gasteiger partial charge < -0.3 is 19.7 Å². The van der Waals surface area contributed by atoms with Gasteiger partial charge in [-0.05, 0) is 41.9 Å². The van der Waals surface area contributed by atoms with Crippen molar-refractivity contribution in [2.24, 2.45) is 0 Å². The third-order valence-electron chi connectivity index (χ3n) is 4.66. The predicted molar refractivity (Wildman–Crippen MR) is 105 cm³/mol. The summed E-state index contributed by atoms with van der Waals surface area (Å²) in [4.78, 5) is 0. The summed E-state index contributed by atoms with van der Waals surface area (Å²) in [5, 5.41) is 29.5. The van der Waals surface area contributed by atoms with Crippen LogP contribution in [-0.2, 0) is 0 Å². The van der Waals surface area contributed by atoms with E-state index in [9.17, 15) is 15.3 Å². The molecule has 0 saturated heterocycles. The molecule has 3 N–H and O–H groups in total. The first kappa shape index (κ1) is 18.9. The molecule has 5 heteroatoms. The van der Waals surface area contributed by atoms with Gasteiger partial charge in [-0.25, -0.2) is 0 Å². The molecule has 4 nitrogen and oxygen atoms in total. The zero-order valence-electron chi connectivity index (χ0n) is 15.0. The van der Waals surface area contributed by atoms with E-state index in [1.807, 2.05) is 12.1 Å². The minimum Gasteiger partial charge on any atom is -0.541 e. The molecule has 0 aliphatic rings. The molecule has 0 unspecified atom stereocenters. The van der Waals surface area contributed by atoms with Gasteiger partial charge in [-0.3, -0.25) is 0 Å². The van der Waals surface area contributed by atoms with E-state index in [-0.39, 0.29) is 17.2 Å². The maximum absolute atomic E-state index is 10.3. The Morgan fingerprint density at radius 2 is 1.48 bits per heavy atom. The molecule has 0 fully saturated rings. The maximum Gasteiger partial charge on any atom is 0.250 e. The molecule has 0 spiro atoms. The van der Waals surface area contributed by atoms with Crippen molar-refractivity contribution in [3.8, 4) is 23.0 Å². The number of aromatic hydroxyl groups is 3. The predicted octanol–water partition coefficient (Wildman–Crippen LogP) is 5.36. The zero-order valence-corrected chi connectivity index (χ0v) is 16.0. The Bertz CT molecular complexity index is 723. The molecule has 0 aliphatic carbocycles. The number of phenolic OH excluding ortho intramolecular Hbond substituents is 3. The van der Waals surface area contributed by atoms with E-state index in [1.165, 1.54) is 6.07 Å². The molecule has 0 saturated carbocycles. The number of hydrogen-bond acceptors (Lipinski definition) is 4. The molecule has 0 heterocycles. The molecule has 0 aromatic heterocycles. The van der Waals surface area contributed by atoms with Crippen molar-refractivity contribution in [2.75, 3.05) is 0 Å². The van der Waals surface area contributed by atoms with Gasteiger partial charge in [0.05, 0.1) is 0 Å². The second-order valence-electron chi connectivity index (χ2n) is 6.16. The van der Waals surface area contributed by atoms with Crippen LogP contribution in [0.25, 0.3) is 12.2 Å². The molecular weight excluding hydrogens is 332 g/mol. The molecule has 25 heavy (non-hydrogen) atoms. The second-order valence-corrected chi connectivity index (χ2v) is 10.8. The fourth-order valence-electron chi connectivity index (χ4n) is 2.87. The Balaban J connectivity index is 2.39. The van der Waals surface area contributed by atoms with Crippen molar-refractivity contribution in [1.29, 1.82) is 0 Å². The average Bonchev–Trinajstić information content (AvgIpc) is 2.59. The highest BCUT2D eigenvalue weighted by atomic mass is 28.4. The first-order valence-corrected chi connectivity index (χ1v) is 11.2. The minimum atomic E-state index is -1.92. The largest absolute Gasteiger partial charge is 0.541 e. The topological polar surface area (TPSA) is 69.9 Å². The molecule has 0 amide bonds. The SMILES string of the molecule is CC[Si](CC)(CC)Oc1c(O)cccc1C=Cc1cc(O)cc(O)c1. The molecule has 134 valence electrons. The Morgan fingerprint density at radius 1 is 0.880 bits per heavy atom. The summed E-state index contributed by atoms with van der Waals surface area (Å²) in [5.74, 6) is 0.649. The smallest absolute Gasteiger partial charge is 0.250 e. The van der Waals surface area contributed by atoms with Crippen LogP contribution in [0.15, 0.2) is 36.4 Å². The summed E-state index contributed by atoms with van der Waals surface area (Å²) in [7, 11) is -1.92. The number of phenols is 3. The zero-order chi connectivity index (χ0) is 18.4. The van der Waals surface area contributed by atoms with Crippen LogP contribution in [0.3, 0.4) is 0 Å². The molecular formula is C20H26O4Si. The van der Waals surface area contributed by atoms with E-state index in [4.69, 9.17) is 4.43 Å². The molecule has 0 radical (unpaired) electrons. The summed E-state index contributed by atoms with van der Waals surface area (Å²) < 4.78 is 6.39. The fraction of sp³-hybridized carbons (Fsp3) is 0.300.